The molecule has 0 aliphatic carbocycles. The average molecular weight is 236 g/mol. The first kappa shape index (κ1) is 13.1. The highest BCUT2D eigenvalue weighted by Gasteiger charge is 2.05. The third-order valence-electron chi connectivity index (χ3n) is 2.00. The minimum Gasteiger partial charge on any atom is -0.493 e. The third kappa shape index (κ3) is 4.16. The molecule has 5 heteroatoms. The number of primary amides is 1. The summed E-state index contributed by atoms with van der Waals surface area (Å²) < 4.78 is 10.4. The van der Waals surface area contributed by atoms with Gasteiger partial charge < -0.3 is 20.9 Å². The molecule has 0 spiro atoms. The Morgan fingerprint density at radius 1 is 1.41 bits per heavy atom. The van der Waals surface area contributed by atoms with Gasteiger partial charge in [-0.05, 0) is 17.7 Å². The monoisotopic (exact) mass is 236 g/mol. The molecule has 0 saturated heterocycles. The van der Waals surface area contributed by atoms with Crippen LogP contribution in [0.3, 0.4) is 0 Å². The van der Waals surface area contributed by atoms with E-state index in [0.29, 0.717) is 18.0 Å². The summed E-state index contributed by atoms with van der Waals surface area (Å²) in [4.78, 5) is 10.6. The lowest BCUT2D eigenvalue weighted by Gasteiger charge is -2.09. The lowest BCUT2D eigenvalue weighted by Crippen LogP contribution is -2.20. The molecule has 0 heterocycles. The van der Waals surface area contributed by atoms with Gasteiger partial charge in [0.25, 0.3) is 5.91 Å². The molecule has 0 aliphatic rings. The Labute approximate surface area is 100.0 Å². The van der Waals surface area contributed by atoms with Gasteiger partial charge in [0, 0.05) is 6.54 Å². The minimum atomic E-state index is -0.529. The van der Waals surface area contributed by atoms with Crippen molar-refractivity contribution >= 4 is 12.0 Å². The van der Waals surface area contributed by atoms with Gasteiger partial charge in [-0.3, -0.25) is 4.79 Å². The number of methoxy groups -OCH3 is 1. The molecule has 0 atom stereocenters. The van der Waals surface area contributed by atoms with Gasteiger partial charge >= 0.3 is 0 Å². The predicted molar refractivity (Wildman–Crippen MR) is 65.8 cm³/mol. The van der Waals surface area contributed by atoms with Crippen LogP contribution in [0.15, 0.2) is 24.3 Å². The second-order valence-electron chi connectivity index (χ2n) is 3.30. The van der Waals surface area contributed by atoms with Crippen LogP contribution in [0.1, 0.15) is 5.56 Å². The molecule has 0 radical (unpaired) electrons. The summed E-state index contributed by atoms with van der Waals surface area (Å²) in [6.07, 6.45) is 3.71. The molecule has 0 fully saturated rings. The van der Waals surface area contributed by atoms with Crippen LogP contribution in [0.2, 0.25) is 0 Å². The highest BCUT2D eigenvalue weighted by atomic mass is 16.5. The molecular weight excluding hydrogens is 220 g/mol. The van der Waals surface area contributed by atoms with E-state index in [1.165, 1.54) is 7.11 Å². The van der Waals surface area contributed by atoms with Crippen LogP contribution in [-0.4, -0.2) is 26.2 Å². The maximum absolute atomic E-state index is 10.6. The highest BCUT2D eigenvalue weighted by molar-refractivity contribution is 5.75. The third-order valence-corrected chi connectivity index (χ3v) is 2.00. The van der Waals surface area contributed by atoms with Gasteiger partial charge in [0.05, 0.1) is 7.11 Å². The van der Waals surface area contributed by atoms with Gasteiger partial charge in [-0.2, -0.15) is 0 Å². The molecule has 17 heavy (non-hydrogen) atoms. The summed E-state index contributed by atoms with van der Waals surface area (Å²) in [5.74, 6) is 0.501. The summed E-state index contributed by atoms with van der Waals surface area (Å²) in [6.45, 7) is 0.302. The first-order chi connectivity index (χ1) is 8.17. The topological polar surface area (TPSA) is 87.6 Å². The van der Waals surface area contributed by atoms with Crippen molar-refractivity contribution in [1.82, 2.24) is 0 Å². The van der Waals surface area contributed by atoms with Crippen LogP contribution in [0.5, 0.6) is 11.5 Å². The maximum Gasteiger partial charge on any atom is 0.255 e. The van der Waals surface area contributed by atoms with E-state index in [9.17, 15) is 4.79 Å². The number of hydrogen-bond donors (Lipinski definition) is 2. The Balaban J connectivity index is 2.85. The highest BCUT2D eigenvalue weighted by Crippen LogP contribution is 2.28. The van der Waals surface area contributed by atoms with E-state index in [0.717, 1.165) is 5.56 Å². The first-order valence-electron chi connectivity index (χ1n) is 5.13. The molecule has 0 bridgehead atoms. The second kappa shape index (κ2) is 6.55. The largest absolute Gasteiger partial charge is 0.493 e. The fourth-order valence-corrected chi connectivity index (χ4v) is 1.26. The zero-order chi connectivity index (χ0) is 12.7. The summed E-state index contributed by atoms with van der Waals surface area (Å²) >= 11 is 0. The number of carbonyl (C=O) groups excluding carboxylic acids is 1. The molecular formula is C12H16N2O3. The number of hydrogen-bond acceptors (Lipinski definition) is 4. The molecule has 1 rings (SSSR count). The average Bonchev–Trinajstić information content (AvgIpc) is 2.34. The van der Waals surface area contributed by atoms with Crippen molar-refractivity contribution in [2.24, 2.45) is 11.5 Å². The van der Waals surface area contributed by atoms with Crippen molar-refractivity contribution in [3.8, 4) is 11.5 Å². The number of rotatable bonds is 6. The van der Waals surface area contributed by atoms with Crippen LogP contribution in [-0.2, 0) is 4.79 Å². The molecule has 4 N–H and O–H groups in total. The Hall–Kier alpha value is -2.01. The van der Waals surface area contributed by atoms with Gasteiger partial charge in [0.1, 0.15) is 0 Å². The fraction of sp³-hybridized carbons (Fsp3) is 0.250. The molecule has 92 valence electrons. The van der Waals surface area contributed by atoms with Crippen molar-refractivity contribution < 1.29 is 14.3 Å². The molecule has 0 unspecified atom stereocenters. The minimum absolute atomic E-state index is 0.172. The molecule has 1 aromatic carbocycles. The van der Waals surface area contributed by atoms with E-state index < -0.39 is 5.91 Å². The van der Waals surface area contributed by atoms with Crippen molar-refractivity contribution in [3.05, 3.63) is 29.8 Å². The van der Waals surface area contributed by atoms with Gasteiger partial charge in [-0.15, -0.1) is 0 Å². The van der Waals surface area contributed by atoms with Crippen LogP contribution in [0, 0.1) is 0 Å². The number of amides is 1. The van der Waals surface area contributed by atoms with Crippen LogP contribution in [0.4, 0.5) is 0 Å². The number of nitrogens with two attached hydrogens (primary N) is 2. The molecule has 0 aliphatic heterocycles. The Bertz CT molecular complexity index is 416. The van der Waals surface area contributed by atoms with Crippen LogP contribution < -0.4 is 20.9 Å². The standard InChI is InChI=1S/C12H16N2O3/c1-16-11-7-9(3-2-6-13)4-5-10(11)17-8-12(14)15/h2-5,7H,6,8,13H2,1H3,(H2,14,15). The summed E-state index contributed by atoms with van der Waals surface area (Å²) in [6, 6.07) is 5.35. The first-order valence-corrected chi connectivity index (χ1v) is 5.13. The summed E-state index contributed by atoms with van der Waals surface area (Å²) in [5.41, 5.74) is 11.3. The van der Waals surface area contributed by atoms with E-state index >= 15 is 0 Å². The Morgan fingerprint density at radius 3 is 2.76 bits per heavy atom. The fourth-order valence-electron chi connectivity index (χ4n) is 1.26. The Kier molecular flexibility index (Phi) is 5.03. The van der Waals surface area contributed by atoms with E-state index in [1.54, 1.807) is 12.1 Å². The SMILES string of the molecule is COc1cc(C=CCN)ccc1OCC(N)=O. The quantitative estimate of drug-likeness (QED) is 0.754. The number of ether oxygens (including phenoxy) is 2. The molecule has 0 saturated carbocycles. The summed E-state index contributed by atoms with van der Waals surface area (Å²) in [5, 5.41) is 0. The predicted octanol–water partition coefficient (Wildman–Crippen LogP) is 0.531. The molecule has 1 aromatic rings. The van der Waals surface area contributed by atoms with Crippen molar-refractivity contribution in [2.75, 3.05) is 20.3 Å². The van der Waals surface area contributed by atoms with Crippen molar-refractivity contribution in [2.45, 2.75) is 0 Å². The van der Waals surface area contributed by atoms with E-state index in [4.69, 9.17) is 20.9 Å². The van der Waals surface area contributed by atoms with E-state index in [2.05, 4.69) is 0 Å². The van der Waals surface area contributed by atoms with Gasteiger partial charge in [-0.1, -0.05) is 18.2 Å². The lowest BCUT2D eigenvalue weighted by atomic mass is 10.2. The molecule has 1 amide bonds. The van der Waals surface area contributed by atoms with E-state index in [-0.39, 0.29) is 6.61 Å². The molecule has 0 aromatic heterocycles. The van der Waals surface area contributed by atoms with Gasteiger partial charge in [-0.25, -0.2) is 0 Å². The zero-order valence-electron chi connectivity index (χ0n) is 9.68. The number of benzene rings is 1. The Morgan fingerprint density at radius 2 is 2.18 bits per heavy atom. The molecule has 5 nitrogen and oxygen atoms in total. The smallest absolute Gasteiger partial charge is 0.255 e. The maximum atomic E-state index is 10.6. The zero-order valence-corrected chi connectivity index (χ0v) is 9.68. The lowest BCUT2D eigenvalue weighted by molar-refractivity contribution is -0.119. The van der Waals surface area contributed by atoms with Gasteiger partial charge in [0.15, 0.2) is 18.1 Å². The number of carbonyl (C=O) groups is 1. The second-order valence-corrected chi connectivity index (χ2v) is 3.30. The summed E-state index contributed by atoms with van der Waals surface area (Å²) in [7, 11) is 1.53. The van der Waals surface area contributed by atoms with Crippen molar-refractivity contribution in [3.63, 3.8) is 0 Å². The van der Waals surface area contributed by atoms with Gasteiger partial charge in [0.2, 0.25) is 0 Å². The normalized spacial score (nSPS) is 10.5. The van der Waals surface area contributed by atoms with E-state index in [1.807, 2.05) is 18.2 Å². The van der Waals surface area contributed by atoms with Crippen LogP contribution >= 0.6 is 0 Å². The van der Waals surface area contributed by atoms with Crippen LogP contribution in [0.25, 0.3) is 6.08 Å². The van der Waals surface area contributed by atoms with Crippen molar-refractivity contribution in [1.29, 1.82) is 0 Å².